The quantitative estimate of drug-likeness (QED) is 0.346. The molecule has 0 bridgehead atoms. The normalized spacial score (nSPS) is 13.7. The fourth-order valence-electron chi connectivity index (χ4n) is 4.09. The van der Waals surface area contributed by atoms with Crippen LogP contribution in [0.15, 0.2) is 54.9 Å². The molecular weight excluding hydrogens is 513 g/mol. The number of alkyl halides is 3. The van der Waals surface area contributed by atoms with E-state index < -0.39 is 11.9 Å². The Hall–Kier alpha value is -4.63. The zero-order valence-corrected chi connectivity index (χ0v) is 20.8. The second-order valence-corrected chi connectivity index (χ2v) is 8.62. The van der Waals surface area contributed by atoms with Gasteiger partial charge in [0.05, 0.1) is 37.7 Å². The number of nitriles is 1. The molecule has 5 rings (SSSR count). The smallest absolute Gasteiger partial charge is 0.433 e. The molecule has 0 radical (unpaired) electrons. The minimum atomic E-state index is -4.50. The minimum absolute atomic E-state index is 0.00166. The van der Waals surface area contributed by atoms with E-state index in [1.807, 2.05) is 0 Å². The average Bonchev–Trinajstić information content (AvgIpc) is 2.96. The zero-order valence-electron chi connectivity index (χ0n) is 20.8. The van der Waals surface area contributed by atoms with Crippen molar-refractivity contribution < 1.29 is 27.4 Å². The maximum Gasteiger partial charge on any atom is 0.433 e. The van der Waals surface area contributed by atoms with Gasteiger partial charge in [-0.1, -0.05) is 6.07 Å². The molecule has 9 nitrogen and oxygen atoms in total. The van der Waals surface area contributed by atoms with Crippen LogP contribution in [0.25, 0.3) is 11.0 Å². The molecular formula is C27H23F3N6O3. The molecule has 0 amide bonds. The second-order valence-electron chi connectivity index (χ2n) is 8.62. The fraction of sp³-hybridized carbons (Fsp3) is 0.259. The first-order valence-corrected chi connectivity index (χ1v) is 12.0. The van der Waals surface area contributed by atoms with Crippen LogP contribution in [0.1, 0.15) is 16.8 Å². The highest BCUT2D eigenvalue weighted by Gasteiger charge is 2.32. The molecule has 0 unspecified atom stereocenters. The number of methoxy groups -OCH3 is 1. The Kier molecular flexibility index (Phi) is 7.33. The molecule has 1 saturated heterocycles. The maximum atomic E-state index is 12.7. The van der Waals surface area contributed by atoms with Gasteiger partial charge in [0.1, 0.15) is 35.3 Å². The maximum absolute atomic E-state index is 12.7. The van der Waals surface area contributed by atoms with Gasteiger partial charge < -0.3 is 24.4 Å². The number of benzene rings is 2. The van der Waals surface area contributed by atoms with Crippen molar-refractivity contribution >= 4 is 28.2 Å². The van der Waals surface area contributed by atoms with Crippen molar-refractivity contribution in [2.75, 3.05) is 43.6 Å². The van der Waals surface area contributed by atoms with Crippen LogP contribution in [0.3, 0.4) is 0 Å². The number of nitrogens with zero attached hydrogens (tertiary/aromatic N) is 5. The summed E-state index contributed by atoms with van der Waals surface area (Å²) >= 11 is 0. The van der Waals surface area contributed by atoms with Crippen molar-refractivity contribution in [3.05, 3.63) is 71.7 Å². The van der Waals surface area contributed by atoms with Crippen LogP contribution in [0, 0.1) is 11.3 Å². The molecule has 12 heteroatoms. The molecule has 2 aromatic carbocycles. The van der Waals surface area contributed by atoms with Crippen molar-refractivity contribution in [2.24, 2.45) is 0 Å². The molecule has 0 spiro atoms. The zero-order chi connectivity index (χ0) is 27.4. The predicted molar refractivity (Wildman–Crippen MR) is 137 cm³/mol. The summed E-state index contributed by atoms with van der Waals surface area (Å²) in [5, 5.41) is 13.2. The van der Waals surface area contributed by atoms with Crippen LogP contribution in [0.4, 0.5) is 30.4 Å². The summed E-state index contributed by atoms with van der Waals surface area (Å²) in [4.78, 5) is 14.7. The number of rotatable bonds is 7. The lowest BCUT2D eigenvalue weighted by Crippen LogP contribution is -2.36. The standard InChI is InChI=1S/C27H23F3N6O3/c1-37-23-12-18(3-6-22(23)39-16-17-2-7-24(33-14-17)27(28,29)30)34-20-4-5-21-26(19(20)13-31)35-25(15-32-21)36-8-10-38-11-9-36/h2-7,12,14-15,34H,8-11,16H2,1H3. The Balaban J connectivity index is 1.35. The predicted octanol–water partition coefficient (Wildman–Crippen LogP) is 5.08. The highest BCUT2D eigenvalue weighted by molar-refractivity contribution is 5.89. The SMILES string of the molecule is COc1cc(Nc2ccc3ncc(N4CCOCC4)nc3c2C#N)ccc1OCc1ccc(C(F)(F)F)nc1. The number of nitrogens with one attached hydrogen (secondary N) is 1. The highest BCUT2D eigenvalue weighted by atomic mass is 19.4. The largest absolute Gasteiger partial charge is 0.493 e. The van der Waals surface area contributed by atoms with Gasteiger partial charge in [-0.2, -0.15) is 18.4 Å². The Bertz CT molecular complexity index is 1520. The molecule has 0 aliphatic carbocycles. The molecule has 2 aromatic heterocycles. The van der Waals surface area contributed by atoms with Crippen molar-refractivity contribution in [3.8, 4) is 17.6 Å². The highest BCUT2D eigenvalue weighted by Crippen LogP contribution is 2.34. The van der Waals surface area contributed by atoms with E-state index in [0.717, 1.165) is 12.3 Å². The molecule has 1 N–H and O–H groups in total. The number of anilines is 3. The number of aromatic nitrogens is 3. The summed E-state index contributed by atoms with van der Waals surface area (Å²) in [5.74, 6) is 1.47. The number of ether oxygens (including phenoxy) is 3. The third-order valence-corrected chi connectivity index (χ3v) is 6.10. The lowest BCUT2D eigenvalue weighted by atomic mass is 10.1. The third kappa shape index (κ3) is 5.78. The summed E-state index contributed by atoms with van der Waals surface area (Å²) in [6.07, 6.45) is -1.67. The van der Waals surface area contributed by atoms with Crippen LogP contribution in [0.5, 0.6) is 11.5 Å². The lowest BCUT2D eigenvalue weighted by molar-refractivity contribution is -0.141. The summed E-state index contributed by atoms with van der Waals surface area (Å²) in [5.41, 5.74) is 2.13. The van der Waals surface area contributed by atoms with Gasteiger partial charge in [0.2, 0.25) is 0 Å². The van der Waals surface area contributed by atoms with Gasteiger partial charge in [-0.3, -0.25) is 9.97 Å². The molecule has 39 heavy (non-hydrogen) atoms. The number of pyridine rings is 1. The van der Waals surface area contributed by atoms with E-state index in [1.165, 1.54) is 13.2 Å². The monoisotopic (exact) mass is 536 g/mol. The van der Waals surface area contributed by atoms with E-state index in [1.54, 1.807) is 36.5 Å². The first kappa shape index (κ1) is 26.0. The molecule has 0 saturated carbocycles. The van der Waals surface area contributed by atoms with Gasteiger partial charge in [-0.05, 0) is 30.3 Å². The Morgan fingerprint density at radius 2 is 1.87 bits per heavy atom. The topological polar surface area (TPSA) is 105 Å². The summed E-state index contributed by atoms with van der Waals surface area (Å²) in [6.45, 7) is 2.61. The van der Waals surface area contributed by atoms with E-state index >= 15 is 0 Å². The summed E-state index contributed by atoms with van der Waals surface area (Å²) in [7, 11) is 1.48. The van der Waals surface area contributed by atoms with Gasteiger partial charge >= 0.3 is 6.18 Å². The second kappa shape index (κ2) is 11.0. The Morgan fingerprint density at radius 3 is 2.56 bits per heavy atom. The van der Waals surface area contributed by atoms with Crippen LogP contribution in [-0.4, -0.2) is 48.4 Å². The van der Waals surface area contributed by atoms with E-state index in [2.05, 4.69) is 26.3 Å². The molecule has 3 heterocycles. The van der Waals surface area contributed by atoms with Crippen LogP contribution >= 0.6 is 0 Å². The molecule has 200 valence electrons. The Morgan fingerprint density at radius 1 is 1.05 bits per heavy atom. The van der Waals surface area contributed by atoms with Gasteiger partial charge in [-0.25, -0.2) is 4.98 Å². The number of hydrogen-bond acceptors (Lipinski definition) is 9. The number of morpholine rings is 1. The lowest BCUT2D eigenvalue weighted by Gasteiger charge is -2.27. The summed E-state index contributed by atoms with van der Waals surface area (Å²) in [6, 6.07) is 13.1. The Labute approximate surface area is 221 Å². The first-order valence-electron chi connectivity index (χ1n) is 12.0. The number of hydrogen-bond donors (Lipinski definition) is 1. The van der Waals surface area contributed by atoms with Crippen molar-refractivity contribution in [3.63, 3.8) is 0 Å². The van der Waals surface area contributed by atoms with E-state index in [-0.39, 0.29) is 6.61 Å². The van der Waals surface area contributed by atoms with Gasteiger partial charge in [0.25, 0.3) is 0 Å². The van der Waals surface area contributed by atoms with Gasteiger partial charge in [-0.15, -0.1) is 0 Å². The van der Waals surface area contributed by atoms with Crippen molar-refractivity contribution in [2.45, 2.75) is 12.8 Å². The van der Waals surface area contributed by atoms with Crippen LogP contribution in [-0.2, 0) is 17.5 Å². The minimum Gasteiger partial charge on any atom is -0.493 e. The van der Waals surface area contributed by atoms with E-state index in [9.17, 15) is 18.4 Å². The molecule has 1 aliphatic heterocycles. The number of fused-ring (bicyclic) bond motifs is 1. The molecule has 1 fully saturated rings. The molecule has 1 aliphatic rings. The molecule has 0 atom stereocenters. The summed E-state index contributed by atoms with van der Waals surface area (Å²) < 4.78 is 54.8. The van der Waals surface area contributed by atoms with Gasteiger partial charge in [0.15, 0.2) is 11.5 Å². The van der Waals surface area contributed by atoms with Crippen LogP contribution < -0.4 is 19.7 Å². The molecule has 4 aromatic rings. The first-order chi connectivity index (χ1) is 18.9. The fourth-order valence-corrected chi connectivity index (χ4v) is 4.09. The number of halogens is 3. The average molecular weight is 537 g/mol. The van der Waals surface area contributed by atoms with Crippen molar-refractivity contribution in [1.29, 1.82) is 5.26 Å². The van der Waals surface area contributed by atoms with Gasteiger partial charge in [0, 0.05) is 36.6 Å². The van der Waals surface area contributed by atoms with E-state index in [4.69, 9.17) is 19.2 Å². The van der Waals surface area contributed by atoms with Crippen LogP contribution in [0.2, 0.25) is 0 Å². The van der Waals surface area contributed by atoms with Crippen molar-refractivity contribution in [1.82, 2.24) is 15.0 Å². The third-order valence-electron chi connectivity index (χ3n) is 6.10. The van der Waals surface area contributed by atoms with E-state index in [0.29, 0.717) is 77.2 Å².